The number of fused-ring (bicyclic) bond motifs is 1. The highest BCUT2D eigenvalue weighted by molar-refractivity contribution is 5.45. The summed E-state index contributed by atoms with van der Waals surface area (Å²) in [6, 6.07) is 11.6. The Morgan fingerprint density at radius 1 is 1.04 bits per heavy atom. The Bertz CT molecular complexity index is 805. The number of phenols is 1. The van der Waals surface area contributed by atoms with Gasteiger partial charge in [-0.05, 0) is 42.7 Å². The lowest BCUT2D eigenvalue weighted by Crippen LogP contribution is -2.16. The summed E-state index contributed by atoms with van der Waals surface area (Å²) in [4.78, 5) is 0. The van der Waals surface area contributed by atoms with Crippen LogP contribution in [0.25, 0.3) is 5.65 Å². The van der Waals surface area contributed by atoms with Crippen LogP contribution in [-0.4, -0.2) is 31.0 Å². The molecule has 2 aromatic heterocycles. The van der Waals surface area contributed by atoms with E-state index < -0.39 is 0 Å². The Labute approximate surface area is 134 Å². The first-order chi connectivity index (χ1) is 11.3. The van der Waals surface area contributed by atoms with E-state index in [0.29, 0.717) is 12.5 Å². The zero-order valence-electron chi connectivity index (χ0n) is 12.8. The molecule has 0 spiro atoms. The summed E-state index contributed by atoms with van der Waals surface area (Å²) < 4.78 is 1.80. The Morgan fingerprint density at radius 3 is 2.61 bits per heavy atom. The second kappa shape index (κ2) is 5.87. The van der Waals surface area contributed by atoms with Gasteiger partial charge in [-0.3, -0.25) is 0 Å². The van der Waals surface area contributed by atoms with Crippen molar-refractivity contribution in [2.45, 2.75) is 38.1 Å². The van der Waals surface area contributed by atoms with E-state index in [4.69, 9.17) is 0 Å². The van der Waals surface area contributed by atoms with Gasteiger partial charge in [-0.25, -0.2) is 0 Å². The van der Waals surface area contributed by atoms with E-state index in [1.54, 1.807) is 16.6 Å². The van der Waals surface area contributed by atoms with Crippen LogP contribution in [0.5, 0.6) is 5.75 Å². The van der Waals surface area contributed by atoms with E-state index >= 15 is 0 Å². The predicted molar refractivity (Wildman–Crippen MR) is 87.6 cm³/mol. The maximum Gasteiger partial charge on any atom is 0.178 e. The highest BCUT2D eigenvalue weighted by atomic mass is 16.3. The molecule has 3 aromatic rings. The van der Waals surface area contributed by atoms with Crippen LogP contribution < -0.4 is 5.32 Å². The molecule has 0 aliphatic heterocycles. The van der Waals surface area contributed by atoms with E-state index in [-0.39, 0.29) is 5.75 Å². The molecule has 1 saturated carbocycles. The van der Waals surface area contributed by atoms with Crippen LogP contribution in [0.3, 0.4) is 0 Å². The fraction of sp³-hybridized carbons (Fsp3) is 0.353. The number of benzene rings is 1. The largest absolute Gasteiger partial charge is 0.508 e. The summed E-state index contributed by atoms with van der Waals surface area (Å²) in [5.74, 6) is 1.93. The number of phenolic OH excluding ortho intramolecular Hbond substituents is 1. The van der Waals surface area contributed by atoms with Crippen LogP contribution in [-0.2, 0) is 6.42 Å². The lowest BCUT2D eigenvalue weighted by Gasteiger charge is -2.12. The highest BCUT2D eigenvalue weighted by Crippen LogP contribution is 2.21. The molecule has 1 aromatic carbocycles. The summed E-state index contributed by atoms with van der Waals surface area (Å²) in [6.45, 7) is 0. The van der Waals surface area contributed by atoms with E-state index in [0.717, 1.165) is 22.9 Å². The molecule has 1 aliphatic carbocycles. The molecule has 0 radical (unpaired) electrons. The van der Waals surface area contributed by atoms with Crippen LogP contribution in [0.2, 0.25) is 0 Å². The first-order valence-corrected chi connectivity index (χ1v) is 8.04. The fourth-order valence-electron chi connectivity index (χ4n) is 3.10. The van der Waals surface area contributed by atoms with Crippen molar-refractivity contribution in [2.75, 3.05) is 5.32 Å². The maximum absolute atomic E-state index is 9.37. The standard InChI is InChI=1S/C17H19N5O/c23-14-7-5-12(6-8-14)11-17-20-19-16-10-9-15(21-22(16)17)18-13-3-1-2-4-13/h5-10,13,23H,1-4,11H2,(H,18,21). The minimum Gasteiger partial charge on any atom is -0.508 e. The van der Waals surface area contributed by atoms with E-state index in [2.05, 4.69) is 20.6 Å². The minimum absolute atomic E-state index is 0.265. The molecule has 4 rings (SSSR count). The molecule has 0 saturated heterocycles. The second-order valence-electron chi connectivity index (χ2n) is 6.07. The lowest BCUT2D eigenvalue weighted by molar-refractivity contribution is 0.475. The van der Waals surface area contributed by atoms with Gasteiger partial charge in [0.15, 0.2) is 11.5 Å². The van der Waals surface area contributed by atoms with Crippen LogP contribution in [0.1, 0.15) is 37.1 Å². The van der Waals surface area contributed by atoms with Gasteiger partial charge in [0.2, 0.25) is 0 Å². The van der Waals surface area contributed by atoms with Crippen molar-refractivity contribution >= 4 is 11.5 Å². The van der Waals surface area contributed by atoms with Crippen molar-refractivity contribution in [1.29, 1.82) is 0 Å². The Balaban J connectivity index is 1.60. The number of aromatic nitrogens is 4. The summed E-state index contributed by atoms with van der Waals surface area (Å²) >= 11 is 0. The molecular weight excluding hydrogens is 290 g/mol. The zero-order chi connectivity index (χ0) is 15.6. The van der Waals surface area contributed by atoms with Gasteiger partial charge >= 0.3 is 0 Å². The quantitative estimate of drug-likeness (QED) is 0.775. The van der Waals surface area contributed by atoms with Gasteiger partial charge in [0.05, 0.1) is 0 Å². The molecule has 118 valence electrons. The molecule has 0 amide bonds. The third-order valence-electron chi connectivity index (χ3n) is 4.33. The first kappa shape index (κ1) is 14.0. The topological polar surface area (TPSA) is 75.3 Å². The number of nitrogens with zero attached hydrogens (tertiary/aromatic N) is 4. The number of rotatable bonds is 4. The van der Waals surface area contributed by atoms with Crippen molar-refractivity contribution in [3.8, 4) is 5.75 Å². The molecule has 1 aliphatic rings. The average molecular weight is 309 g/mol. The van der Waals surface area contributed by atoms with Gasteiger partial charge in [0, 0.05) is 12.5 Å². The summed E-state index contributed by atoms with van der Waals surface area (Å²) in [7, 11) is 0. The SMILES string of the molecule is Oc1ccc(Cc2nnc3ccc(NC4CCCC4)nn23)cc1. The van der Waals surface area contributed by atoms with E-state index in [1.807, 2.05) is 24.3 Å². The molecule has 6 nitrogen and oxygen atoms in total. The number of nitrogens with one attached hydrogen (secondary N) is 1. The van der Waals surface area contributed by atoms with Crippen LogP contribution in [0, 0.1) is 0 Å². The lowest BCUT2D eigenvalue weighted by atomic mass is 10.1. The smallest absolute Gasteiger partial charge is 0.178 e. The average Bonchev–Trinajstić information content (AvgIpc) is 3.20. The number of hydrogen-bond donors (Lipinski definition) is 2. The third-order valence-corrected chi connectivity index (χ3v) is 4.33. The molecule has 6 heteroatoms. The van der Waals surface area contributed by atoms with Gasteiger partial charge in [-0.15, -0.1) is 15.3 Å². The van der Waals surface area contributed by atoms with Gasteiger partial charge in [0.25, 0.3) is 0 Å². The van der Waals surface area contributed by atoms with Crippen LogP contribution >= 0.6 is 0 Å². The monoisotopic (exact) mass is 309 g/mol. The molecule has 0 bridgehead atoms. The molecule has 0 unspecified atom stereocenters. The van der Waals surface area contributed by atoms with E-state index in [1.165, 1.54) is 25.7 Å². The van der Waals surface area contributed by atoms with Crippen molar-refractivity contribution in [2.24, 2.45) is 0 Å². The van der Waals surface area contributed by atoms with Gasteiger partial charge < -0.3 is 10.4 Å². The van der Waals surface area contributed by atoms with Crippen molar-refractivity contribution in [3.05, 3.63) is 47.8 Å². The Morgan fingerprint density at radius 2 is 1.83 bits per heavy atom. The zero-order valence-corrected chi connectivity index (χ0v) is 12.8. The minimum atomic E-state index is 0.265. The molecular formula is C17H19N5O. The Hall–Kier alpha value is -2.63. The van der Waals surface area contributed by atoms with Crippen LogP contribution in [0.15, 0.2) is 36.4 Å². The normalized spacial score (nSPS) is 15.3. The number of hydrogen-bond acceptors (Lipinski definition) is 5. The summed E-state index contributed by atoms with van der Waals surface area (Å²) in [5.41, 5.74) is 1.81. The molecule has 2 N–H and O–H groups in total. The highest BCUT2D eigenvalue weighted by Gasteiger charge is 2.16. The van der Waals surface area contributed by atoms with Gasteiger partial charge in [-0.2, -0.15) is 4.52 Å². The fourth-order valence-corrected chi connectivity index (χ4v) is 3.10. The van der Waals surface area contributed by atoms with Crippen molar-refractivity contribution in [3.63, 3.8) is 0 Å². The second-order valence-corrected chi connectivity index (χ2v) is 6.07. The molecule has 23 heavy (non-hydrogen) atoms. The molecule has 1 fully saturated rings. The summed E-state index contributed by atoms with van der Waals surface area (Å²) in [6.07, 6.45) is 5.63. The number of anilines is 1. The molecule has 2 heterocycles. The Kier molecular flexibility index (Phi) is 3.57. The van der Waals surface area contributed by atoms with Crippen LogP contribution in [0.4, 0.5) is 5.82 Å². The van der Waals surface area contributed by atoms with E-state index in [9.17, 15) is 5.11 Å². The predicted octanol–water partition coefficient (Wildman–Crippen LogP) is 2.78. The third kappa shape index (κ3) is 2.97. The van der Waals surface area contributed by atoms with Gasteiger partial charge in [0.1, 0.15) is 11.6 Å². The first-order valence-electron chi connectivity index (χ1n) is 8.04. The maximum atomic E-state index is 9.37. The van der Waals surface area contributed by atoms with Gasteiger partial charge in [-0.1, -0.05) is 25.0 Å². The van der Waals surface area contributed by atoms with Crippen molar-refractivity contribution in [1.82, 2.24) is 19.8 Å². The summed E-state index contributed by atoms with van der Waals surface area (Å²) in [5, 5.41) is 25.9. The van der Waals surface area contributed by atoms with Crippen molar-refractivity contribution < 1.29 is 5.11 Å². The number of aromatic hydroxyl groups is 1. The molecule has 0 atom stereocenters.